The van der Waals surface area contributed by atoms with E-state index >= 15 is 0 Å². The van der Waals surface area contributed by atoms with Crippen LogP contribution in [-0.2, 0) is 16.0 Å². The van der Waals surface area contributed by atoms with Crippen LogP contribution in [0.25, 0.3) is 0 Å². The molecule has 0 aliphatic carbocycles. The fourth-order valence-corrected chi connectivity index (χ4v) is 2.84. The first kappa shape index (κ1) is 18.2. The molecule has 2 rings (SSSR count). The molecular formula is C18H28N4O2. The number of carbonyl (C=O) groups excluding carboxylic acids is 1. The number of aromatic nitrogens is 1. The maximum Gasteiger partial charge on any atom is 0.309 e. The van der Waals surface area contributed by atoms with Gasteiger partial charge in [0.2, 0.25) is 0 Å². The Morgan fingerprint density at radius 2 is 2.17 bits per heavy atom. The second-order valence-electron chi connectivity index (χ2n) is 5.82. The van der Waals surface area contributed by atoms with E-state index in [9.17, 15) is 4.79 Å². The molecule has 0 atom stereocenters. The summed E-state index contributed by atoms with van der Waals surface area (Å²) in [6.07, 6.45) is 4.28. The molecule has 1 aliphatic rings. The van der Waals surface area contributed by atoms with Crippen LogP contribution in [0.1, 0.15) is 32.4 Å². The van der Waals surface area contributed by atoms with Crippen molar-refractivity contribution in [2.45, 2.75) is 33.1 Å². The van der Waals surface area contributed by atoms with Gasteiger partial charge in [0, 0.05) is 44.5 Å². The average Bonchev–Trinajstić information content (AvgIpc) is 2.62. The average molecular weight is 332 g/mol. The molecule has 1 aromatic heterocycles. The fourth-order valence-electron chi connectivity index (χ4n) is 2.84. The molecule has 0 aromatic carbocycles. The summed E-state index contributed by atoms with van der Waals surface area (Å²) in [6.45, 7) is 7.58. The zero-order valence-corrected chi connectivity index (χ0v) is 14.7. The molecule has 0 radical (unpaired) electrons. The number of pyridine rings is 1. The van der Waals surface area contributed by atoms with Crippen molar-refractivity contribution >= 4 is 11.9 Å². The Labute approximate surface area is 144 Å². The second kappa shape index (κ2) is 9.90. The highest BCUT2D eigenvalue weighted by atomic mass is 16.5. The molecule has 2 heterocycles. The Morgan fingerprint density at radius 1 is 1.38 bits per heavy atom. The van der Waals surface area contributed by atoms with Gasteiger partial charge in [-0.05, 0) is 38.8 Å². The molecule has 6 heteroatoms. The first-order valence-electron chi connectivity index (χ1n) is 8.84. The SMILES string of the molecule is CCNC(=NCCc1ccccn1)N1CCC(C(=O)OCC)CC1. The molecule has 1 aromatic rings. The summed E-state index contributed by atoms with van der Waals surface area (Å²) in [5, 5.41) is 3.35. The van der Waals surface area contributed by atoms with E-state index in [0.717, 1.165) is 50.6 Å². The van der Waals surface area contributed by atoms with Crippen molar-refractivity contribution in [1.29, 1.82) is 0 Å². The van der Waals surface area contributed by atoms with E-state index in [2.05, 4.69) is 22.1 Å². The predicted molar refractivity (Wildman–Crippen MR) is 94.8 cm³/mol. The molecule has 132 valence electrons. The molecule has 1 fully saturated rings. The van der Waals surface area contributed by atoms with Gasteiger partial charge in [-0.15, -0.1) is 0 Å². The Balaban J connectivity index is 1.86. The van der Waals surface area contributed by atoms with Crippen molar-refractivity contribution in [3.05, 3.63) is 30.1 Å². The van der Waals surface area contributed by atoms with E-state index in [-0.39, 0.29) is 11.9 Å². The number of rotatable bonds is 6. The maximum atomic E-state index is 11.8. The molecule has 6 nitrogen and oxygen atoms in total. The lowest BCUT2D eigenvalue weighted by molar-refractivity contribution is -0.149. The van der Waals surface area contributed by atoms with Crippen molar-refractivity contribution in [3.63, 3.8) is 0 Å². The minimum atomic E-state index is -0.0609. The molecule has 0 saturated carbocycles. The van der Waals surface area contributed by atoms with Gasteiger partial charge in [-0.1, -0.05) is 6.07 Å². The van der Waals surface area contributed by atoms with E-state index in [1.165, 1.54) is 0 Å². The van der Waals surface area contributed by atoms with E-state index in [1.807, 2.05) is 31.3 Å². The third-order valence-corrected chi connectivity index (χ3v) is 4.10. The topological polar surface area (TPSA) is 66.8 Å². The highest BCUT2D eigenvalue weighted by Gasteiger charge is 2.27. The summed E-state index contributed by atoms with van der Waals surface area (Å²) in [6, 6.07) is 5.94. The minimum Gasteiger partial charge on any atom is -0.466 e. The lowest BCUT2D eigenvalue weighted by Crippen LogP contribution is -2.46. The van der Waals surface area contributed by atoms with Crippen LogP contribution >= 0.6 is 0 Å². The molecule has 1 aliphatic heterocycles. The van der Waals surface area contributed by atoms with Crippen LogP contribution in [0.4, 0.5) is 0 Å². The summed E-state index contributed by atoms with van der Waals surface area (Å²) in [5.74, 6) is 0.891. The van der Waals surface area contributed by atoms with Gasteiger partial charge in [-0.25, -0.2) is 0 Å². The number of aliphatic imine (C=N–C) groups is 1. The standard InChI is InChI=1S/C18H28N4O2/c1-3-19-18(21-12-8-16-7-5-6-11-20-16)22-13-9-15(10-14-22)17(23)24-4-2/h5-7,11,15H,3-4,8-10,12-14H2,1-2H3,(H,19,21). The fraction of sp³-hybridized carbons (Fsp3) is 0.611. The third kappa shape index (κ3) is 5.51. The van der Waals surface area contributed by atoms with Crippen LogP contribution in [0.3, 0.4) is 0 Å². The number of piperidine rings is 1. The summed E-state index contributed by atoms with van der Waals surface area (Å²) in [7, 11) is 0. The van der Waals surface area contributed by atoms with Crippen LogP contribution in [0.5, 0.6) is 0 Å². The number of ether oxygens (including phenoxy) is 1. The van der Waals surface area contributed by atoms with Crippen molar-refractivity contribution in [2.75, 3.05) is 32.8 Å². The summed E-state index contributed by atoms with van der Waals surface area (Å²) in [4.78, 5) is 23.1. The van der Waals surface area contributed by atoms with Crippen LogP contribution in [0.2, 0.25) is 0 Å². The van der Waals surface area contributed by atoms with Gasteiger partial charge < -0.3 is 15.0 Å². The number of nitrogens with zero attached hydrogens (tertiary/aromatic N) is 3. The van der Waals surface area contributed by atoms with Gasteiger partial charge in [-0.2, -0.15) is 0 Å². The van der Waals surface area contributed by atoms with Crippen LogP contribution < -0.4 is 5.32 Å². The maximum absolute atomic E-state index is 11.8. The molecule has 0 unspecified atom stereocenters. The quantitative estimate of drug-likeness (QED) is 0.489. The summed E-state index contributed by atoms with van der Waals surface area (Å²) in [5.41, 5.74) is 1.05. The van der Waals surface area contributed by atoms with Crippen LogP contribution in [0.15, 0.2) is 29.4 Å². The number of hydrogen-bond acceptors (Lipinski definition) is 4. The van der Waals surface area contributed by atoms with Gasteiger partial charge in [-0.3, -0.25) is 14.8 Å². The van der Waals surface area contributed by atoms with Gasteiger partial charge in [0.05, 0.1) is 12.5 Å². The largest absolute Gasteiger partial charge is 0.466 e. The Hall–Kier alpha value is -2.11. The first-order valence-corrected chi connectivity index (χ1v) is 8.84. The van der Waals surface area contributed by atoms with Crippen LogP contribution in [-0.4, -0.2) is 54.6 Å². The summed E-state index contributed by atoms with van der Waals surface area (Å²) < 4.78 is 5.13. The molecule has 0 amide bonds. The zero-order chi connectivity index (χ0) is 17.2. The van der Waals surface area contributed by atoms with Gasteiger partial charge >= 0.3 is 5.97 Å². The van der Waals surface area contributed by atoms with Gasteiger partial charge in [0.25, 0.3) is 0 Å². The molecule has 24 heavy (non-hydrogen) atoms. The lowest BCUT2D eigenvalue weighted by atomic mass is 9.97. The van der Waals surface area contributed by atoms with Crippen molar-refractivity contribution in [1.82, 2.24) is 15.2 Å². The van der Waals surface area contributed by atoms with Crippen LogP contribution in [0, 0.1) is 5.92 Å². The van der Waals surface area contributed by atoms with Crippen molar-refractivity contribution in [2.24, 2.45) is 10.9 Å². The molecule has 0 spiro atoms. The number of esters is 1. The number of nitrogens with one attached hydrogen (secondary N) is 1. The minimum absolute atomic E-state index is 0.0256. The highest BCUT2D eigenvalue weighted by molar-refractivity contribution is 5.80. The monoisotopic (exact) mass is 332 g/mol. The summed E-state index contributed by atoms with van der Waals surface area (Å²) >= 11 is 0. The van der Waals surface area contributed by atoms with E-state index in [1.54, 1.807) is 0 Å². The second-order valence-corrected chi connectivity index (χ2v) is 5.82. The lowest BCUT2D eigenvalue weighted by Gasteiger charge is -2.33. The van der Waals surface area contributed by atoms with E-state index < -0.39 is 0 Å². The number of hydrogen-bond donors (Lipinski definition) is 1. The molecule has 1 N–H and O–H groups in total. The molecular weight excluding hydrogens is 304 g/mol. The van der Waals surface area contributed by atoms with Crippen molar-refractivity contribution in [3.8, 4) is 0 Å². The first-order chi connectivity index (χ1) is 11.7. The van der Waals surface area contributed by atoms with Gasteiger partial charge in [0.15, 0.2) is 5.96 Å². The Kier molecular flexibility index (Phi) is 7.52. The highest BCUT2D eigenvalue weighted by Crippen LogP contribution is 2.18. The Bertz CT molecular complexity index is 525. The van der Waals surface area contributed by atoms with Gasteiger partial charge in [0.1, 0.15) is 0 Å². The van der Waals surface area contributed by atoms with Crippen molar-refractivity contribution < 1.29 is 9.53 Å². The number of likely N-dealkylation sites (tertiary alicyclic amines) is 1. The predicted octanol–water partition coefficient (Wildman–Crippen LogP) is 1.86. The zero-order valence-electron chi connectivity index (χ0n) is 14.7. The Morgan fingerprint density at radius 3 is 2.79 bits per heavy atom. The molecule has 0 bridgehead atoms. The van der Waals surface area contributed by atoms with E-state index in [4.69, 9.17) is 9.73 Å². The number of guanidine groups is 1. The number of carbonyl (C=O) groups is 1. The normalized spacial score (nSPS) is 16.1. The third-order valence-electron chi connectivity index (χ3n) is 4.10. The van der Waals surface area contributed by atoms with E-state index in [0.29, 0.717) is 13.2 Å². The molecule has 1 saturated heterocycles. The smallest absolute Gasteiger partial charge is 0.309 e.